The van der Waals surface area contributed by atoms with Crippen molar-refractivity contribution in [3.8, 4) is 22.5 Å². The molecule has 0 radical (unpaired) electrons. The van der Waals surface area contributed by atoms with Gasteiger partial charge in [-0.15, -0.1) is 0 Å². The summed E-state index contributed by atoms with van der Waals surface area (Å²) in [5, 5.41) is 8.41. The number of nitrogens with zero attached hydrogens (tertiary/aromatic N) is 2. The molecule has 0 aliphatic carbocycles. The largest absolute Gasteiger partial charge is 0.383 e. The van der Waals surface area contributed by atoms with Gasteiger partial charge < -0.3 is 5.73 Å². The van der Waals surface area contributed by atoms with Crippen molar-refractivity contribution in [1.82, 2.24) is 15.2 Å². The molecule has 3 N–H and O–H groups in total. The molecule has 0 spiro atoms. The zero-order valence-electron chi connectivity index (χ0n) is 10.6. The lowest BCUT2D eigenvalue weighted by molar-refractivity contribution is 1.10. The minimum atomic E-state index is 0.411. The Morgan fingerprint density at radius 1 is 1.10 bits per heavy atom. The zero-order chi connectivity index (χ0) is 15.0. The van der Waals surface area contributed by atoms with Gasteiger partial charge in [0.25, 0.3) is 0 Å². The molecule has 0 saturated heterocycles. The first-order valence-electron chi connectivity index (χ1n) is 5.97. The first-order chi connectivity index (χ1) is 10.0. The lowest BCUT2D eigenvalue weighted by Crippen LogP contribution is -1.93. The van der Waals surface area contributed by atoms with Crippen molar-refractivity contribution in [2.75, 3.05) is 5.73 Å². The van der Waals surface area contributed by atoms with Gasteiger partial charge in [-0.3, -0.25) is 5.10 Å². The fourth-order valence-electron chi connectivity index (χ4n) is 1.96. The van der Waals surface area contributed by atoms with E-state index in [9.17, 15) is 0 Å². The van der Waals surface area contributed by atoms with Crippen molar-refractivity contribution in [2.45, 2.75) is 0 Å². The Hall–Kier alpha value is -1.56. The average molecular weight is 384 g/mol. The van der Waals surface area contributed by atoms with E-state index >= 15 is 0 Å². The van der Waals surface area contributed by atoms with Crippen LogP contribution in [0, 0.1) is 0 Å². The Morgan fingerprint density at radius 3 is 2.71 bits per heavy atom. The van der Waals surface area contributed by atoms with Crippen LogP contribution in [0.2, 0.25) is 10.0 Å². The van der Waals surface area contributed by atoms with Gasteiger partial charge in [-0.05, 0) is 46.3 Å². The summed E-state index contributed by atoms with van der Waals surface area (Å²) in [6.07, 6.45) is 1.64. The fraction of sp³-hybridized carbons (Fsp3) is 0. The summed E-state index contributed by atoms with van der Waals surface area (Å²) in [5.74, 6) is 0.411. The highest BCUT2D eigenvalue weighted by Gasteiger charge is 2.12. The second-order valence-corrected chi connectivity index (χ2v) is 6.14. The standard InChI is InChI=1S/C14H9BrCl2N4/c15-7-3-10(14(18)19-6-7)13-5-12(20-21-13)9-4-8(16)1-2-11(9)17/h1-6H,(H2,18,19)(H,20,21). The predicted molar refractivity (Wildman–Crippen MR) is 89.4 cm³/mol. The van der Waals surface area contributed by atoms with Crippen LogP contribution in [0.5, 0.6) is 0 Å². The summed E-state index contributed by atoms with van der Waals surface area (Å²) in [6.45, 7) is 0. The number of hydrogen-bond donors (Lipinski definition) is 2. The number of aromatic nitrogens is 3. The van der Waals surface area contributed by atoms with Crippen molar-refractivity contribution in [2.24, 2.45) is 0 Å². The number of halogens is 3. The monoisotopic (exact) mass is 382 g/mol. The predicted octanol–water partition coefficient (Wildman–Crippen LogP) is 4.79. The molecule has 1 aromatic carbocycles. The average Bonchev–Trinajstić information content (AvgIpc) is 2.93. The van der Waals surface area contributed by atoms with E-state index in [1.54, 1.807) is 24.4 Å². The van der Waals surface area contributed by atoms with Gasteiger partial charge in [0.15, 0.2) is 0 Å². The molecule has 0 unspecified atom stereocenters. The van der Waals surface area contributed by atoms with Gasteiger partial charge in [0, 0.05) is 26.8 Å². The molecule has 0 amide bonds. The topological polar surface area (TPSA) is 67.6 Å². The number of aromatic amines is 1. The molecule has 4 nitrogen and oxygen atoms in total. The number of anilines is 1. The van der Waals surface area contributed by atoms with E-state index in [4.69, 9.17) is 28.9 Å². The minimum Gasteiger partial charge on any atom is -0.383 e. The van der Waals surface area contributed by atoms with Gasteiger partial charge in [0.1, 0.15) is 5.82 Å². The number of benzene rings is 1. The highest BCUT2D eigenvalue weighted by molar-refractivity contribution is 9.10. The first-order valence-corrected chi connectivity index (χ1v) is 7.51. The van der Waals surface area contributed by atoms with E-state index in [2.05, 4.69) is 31.1 Å². The molecule has 2 aromatic heterocycles. The molecule has 0 aliphatic heterocycles. The molecule has 0 aliphatic rings. The van der Waals surface area contributed by atoms with Gasteiger partial charge >= 0.3 is 0 Å². The molecule has 3 aromatic rings. The maximum Gasteiger partial charge on any atom is 0.132 e. The van der Waals surface area contributed by atoms with E-state index in [0.29, 0.717) is 21.6 Å². The maximum atomic E-state index is 6.19. The lowest BCUT2D eigenvalue weighted by atomic mass is 10.1. The summed E-state index contributed by atoms with van der Waals surface area (Å²) in [7, 11) is 0. The van der Waals surface area contributed by atoms with Crippen LogP contribution in [0.1, 0.15) is 0 Å². The molecule has 0 bridgehead atoms. The van der Waals surface area contributed by atoms with Gasteiger partial charge in [0.2, 0.25) is 0 Å². The molecule has 2 heterocycles. The van der Waals surface area contributed by atoms with Crippen molar-refractivity contribution in [1.29, 1.82) is 0 Å². The van der Waals surface area contributed by atoms with Crippen LogP contribution in [0.3, 0.4) is 0 Å². The molecular weight excluding hydrogens is 375 g/mol. The van der Waals surface area contributed by atoms with E-state index in [0.717, 1.165) is 21.3 Å². The third-order valence-electron chi connectivity index (χ3n) is 2.96. The van der Waals surface area contributed by atoms with Crippen LogP contribution in [-0.4, -0.2) is 15.2 Å². The molecular formula is C14H9BrCl2N4. The summed E-state index contributed by atoms with van der Waals surface area (Å²) in [5.41, 5.74) is 8.86. The first kappa shape index (κ1) is 14.4. The summed E-state index contributed by atoms with van der Waals surface area (Å²) < 4.78 is 0.831. The Morgan fingerprint density at radius 2 is 1.90 bits per heavy atom. The molecule has 21 heavy (non-hydrogen) atoms. The van der Waals surface area contributed by atoms with Gasteiger partial charge in [-0.1, -0.05) is 23.2 Å². The number of H-pyrrole nitrogens is 1. The molecule has 3 rings (SSSR count). The second-order valence-electron chi connectivity index (χ2n) is 4.38. The molecule has 0 atom stereocenters. The summed E-state index contributed by atoms with van der Waals surface area (Å²) >= 11 is 15.6. The minimum absolute atomic E-state index is 0.411. The number of hydrogen-bond acceptors (Lipinski definition) is 3. The maximum absolute atomic E-state index is 6.19. The Bertz CT molecular complexity index is 750. The summed E-state index contributed by atoms with van der Waals surface area (Å²) in [6, 6.07) is 8.98. The SMILES string of the molecule is Nc1ncc(Br)cc1-c1cc(-c2cc(Cl)ccc2Cl)[nH]n1. The van der Waals surface area contributed by atoms with Crippen LogP contribution >= 0.6 is 39.1 Å². The number of nitrogens with one attached hydrogen (secondary N) is 1. The normalized spacial score (nSPS) is 10.8. The van der Waals surface area contributed by atoms with Crippen LogP contribution < -0.4 is 5.73 Å². The van der Waals surface area contributed by atoms with Crippen molar-refractivity contribution in [3.63, 3.8) is 0 Å². The van der Waals surface area contributed by atoms with Crippen molar-refractivity contribution in [3.05, 3.63) is 51.0 Å². The van der Waals surface area contributed by atoms with Crippen molar-refractivity contribution >= 4 is 44.9 Å². The smallest absolute Gasteiger partial charge is 0.132 e. The molecule has 0 fully saturated rings. The van der Waals surface area contributed by atoms with Gasteiger partial charge in [-0.25, -0.2) is 4.98 Å². The number of nitrogen functional groups attached to an aromatic ring is 1. The molecule has 0 saturated carbocycles. The third-order valence-corrected chi connectivity index (χ3v) is 3.96. The van der Waals surface area contributed by atoms with E-state index < -0.39 is 0 Å². The second kappa shape index (κ2) is 5.67. The molecule has 7 heteroatoms. The lowest BCUT2D eigenvalue weighted by Gasteiger charge is -2.02. The number of nitrogens with two attached hydrogens (primary N) is 1. The van der Waals surface area contributed by atoms with Crippen LogP contribution in [0.15, 0.2) is 41.0 Å². The van der Waals surface area contributed by atoms with Crippen LogP contribution in [-0.2, 0) is 0 Å². The van der Waals surface area contributed by atoms with Gasteiger partial charge in [0.05, 0.1) is 16.4 Å². The van der Waals surface area contributed by atoms with E-state index in [1.165, 1.54) is 0 Å². The Labute approximate surface area is 139 Å². The number of rotatable bonds is 2. The van der Waals surface area contributed by atoms with E-state index in [-0.39, 0.29) is 0 Å². The fourth-order valence-corrected chi connectivity index (χ4v) is 2.68. The highest BCUT2D eigenvalue weighted by atomic mass is 79.9. The quantitative estimate of drug-likeness (QED) is 0.668. The Kier molecular flexibility index (Phi) is 3.89. The molecule has 106 valence electrons. The third kappa shape index (κ3) is 2.90. The summed E-state index contributed by atoms with van der Waals surface area (Å²) in [4.78, 5) is 4.10. The number of pyridine rings is 1. The highest BCUT2D eigenvalue weighted by Crippen LogP contribution is 2.33. The van der Waals surface area contributed by atoms with Crippen LogP contribution in [0.4, 0.5) is 5.82 Å². The van der Waals surface area contributed by atoms with Gasteiger partial charge in [-0.2, -0.15) is 5.10 Å². The van der Waals surface area contributed by atoms with Crippen molar-refractivity contribution < 1.29 is 0 Å². The zero-order valence-corrected chi connectivity index (χ0v) is 13.7. The van der Waals surface area contributed by atoms with Crippen LogP contribution in [0.25, 0.3) is 22.5 Å². The Balaban J connectivity index is 2.08. The van der Waals surface area contributed by atoms with E-state index in [1.807, 2.05) is 12.1 Å².